The van der Waals surface area contributed by atoms with Crippen LogP contribution in [0.1, 0.15) is 56.4 Å². The predicted octanol–water partition coefficient (Wildman–Crippen LogP) is 4.60. The number of aldehydes is 2. The molecule has 250 valence electrons. The van der Waals surface area contributed by atoms with E-state index in [0.29, 0.717) is 56.1 Å². The van der Waals surface area contributed by atoms with Crippen LogP contribution in [0.5, 0.6) is 5.88 Å². The van der Waals surface area contributed by atoms with Crippen LogP contribution in [-0.2, 0) is 19.3 Å². The molecule has 0 bridgehead atoms. The van der Waals surface area contributed by atoms with Crippen molar-refractivity contribution < 1.29 is 36.3 Å². The molecule has 3 rings (SSSR count). The standard InChI is InChI=1S/C31H38F5N7O3/c1-17(6-7-39-9-8-38-3)46-30-22(15-44)28(41-13-19-10-20(14-43(4)5)24(16-45)40-12-19)27(33)29(42-30)21-11-23(37)26(32)18(2)25(21)31(34,35)36/h10-12,15-17,38-39H,6-9,13-14,37H2,1-5H3,(H,41,42). The first-order valence-corrected chi connectivity index (χ1v) is 14.4. The molecule has 1 aromatic carbocycles. The number of carbonyl (C=O) groups excluding carboxylic acids is 2. The van der Waals surface area contributed by atoms with E-state index in [-0.39, 0.29) is 24.1 Å². The average Bonchev–Trinajstić information content (AvgIpc) is 2.98. The highest BCUT2D eigenvalue weighted by molar-refractivity contribution is 5.90. The van der Waals surface area contributed by atoms with Crippen molar-refractivity contribution in [1.29, 1.82) is 0 Å². The molecular weight excluding hydrogens is 613 g/mol. The van der Waals surface area contributed by atoms with Crippen molar-refractivity contribution in [1.82, 2.24) is 25.5 Å². The number of nitrogens with zero attached hydrogens (tertiary/aromatic N) is 3. The SMILES string of the molecule is CNCCNCCC(C)Oc1nc(-c2cc(N)c(F)c(C)c2C(F)(F)F)c(F)c(NCc2cnc(C=O)c(CN(C)C)c2)c1C=O. The Kier molecular flexibility index (Phi) is 12.5. The molecule has 0 aliphatic rings. The fourth-order valence-electron chi connectivity index (χ4n) is 4.80. The summed E-state index contributed by atoms with van der Waals surface area (Å²) >= 11 is 0. The lowest BCUT2D eigenvalue weighted by molar-refractivity contribution is -0.137. The largest absolute Gasteiger partial charge is 0.474 e. The second kappa shape index (κ2) is 15.9. The van der Waals surface area contributed by atoms with Gasteiger partial charge in [-0.2, -0.15) is 13.2 Å². The first-order chi connectivity index (χ1) is 21.7. The normalized spacial score (nSPS) is 12.3. The molecule has 1 unspecified atom stereocenters. The van der Waals surface area contributed by atoms with Gasteiger partial charge in [-0.15, -0.1) is 0 Å². The van der Waals surface area contributed by atoms with E-state index in [9.17, 15) is 27.2 Å². The van der Waals surface area contributed by atoms with Crippen LogP contribution in [0.3, 0.4) is 0 Å². The quantitative estimate of drug-likeness (QED) is 0.0754. The summed E-state index contributed by atoms with van der Waals surface area (Å²) in [7, 11) is 5.39. The Morgan fingerprint density at radius 3 is 2.41 bits per heavy atom. The molecule has 15 heteroatoms. The Labute approximate surface area is 263 Å². The number of alkyl halides is 3. The lowest BCUT2D eigenvalue weighted by atomic mass is 9.95. The molecule has 10 nitrogen and oxygen atoms in total. The number of likely N-dealkylation sites (N-methyl/N-ethyl adjacent to an activating group) is 1. The molecule has 0 fully saturated rings. The van der Waals surface area contributed by atoms with E-state index in [1.54, 1.807) is 34.1 Å². The van der Waals surface area contributed by atoms with Crippen LogP contribution in [0.15, 0.2) is 18.3 Å². The van der Waals surface area contributed by atoms with Crippen molar-refractivity contribution in [2.75, 3.05) is 51.8 Å². The number of pyridine rings is 2. The number of nitrogens with two attached hydrogens (primary N) is 1. The van der Waals surface area contributed by atoms with E-state index in [0.717, 1.165) is 6.92 Å². The number of rotatable bonds is 16. The van der Waals surface area contributed by atoms with E-state index >= 15 is 4.39 Å². The third-order valence-corrected chi connectivity index (χ3v) is 7.04. The van der Waals surface area contributed by atoms with E-state index < -0.39 is 63.6 Å². The van der Waals surface area contributed by atoms with Gasteiger partial charge in [-0.3, -0.25) is 14.6 Å². The summed E-state index contributed by atoms with van der Waals surface area (Å²) in [4.78, 5) is 33.8. The van der Waals surface area contributed by atoms with E-state index in [2.05, 4.69) is 25.9 Å². The molecule has 1 atom stereocenters. The van der Waals surface area contributed by atoms with Crippen LogP contribution in [0.2, 0.25) is 0 Å². The number of nitrogens with one attached hydrogen (secondary N) is 3. The molecule has 0 radical (unpaired) electrons. The molecule has 0 saturated heterocycles. The third-order valence-electron chi connectivity index (χ3n) is 7.04. The summed E-state index contributed by atoms with van der Waals surface area (Å²) in [5, 5.41) is 8.96. The highest BCUT2D eigenvalue weighted by Gasteiger charge is 2.39. The van der Waals surface area contributed by atoms with E-state index in [4.69, 9.17) is 10.5 Å². The summed E-state index contributed by atoms with van der Waals surface area (Å²) < 4.78 is 79.6. The Balaban J connectivity index is 2.17. The summed E-state index contributed by atoms with van der Waals surface area (Å²) in [6, 6.07) is 2.33. The molecule has 46 heavy (non-hydrogen) atoms. The summed E-state index contributed by atoms with van der Waals surface area (Å²) in [5.41, 5.74) is 1.49. The molecule has 5 N–H and O–H groups in total. The summed E-state index contributed by atoms with van der Waals surface area (Å²) in [5.74, 6) is -3.03. The lowest BCUT2D eigenvalue weighted by Crippen LogP contribution is -2.28. The van der Waals surface area contributed by atoms with Crippen molar-refractivity contribution in [2.45, 2.75) is 45.6 Å². The molecule has 0 saturated carbocycles. The number of hydrogen-bond donors (Lipinski definition) is 4. The van der Waals surface area contributed by atoms with Crippen LogP contribution >= 0.6 is 0 Å². The monoisotopic (exact) mass is 651 g/mol. The van der Waals surface area contributed by atoms with Crippen molar-refractivity contribution in [3.05, 3.63) is 63.5 Å². The zero-order chi connectivity index (χ0) is 34.2. The minimum Gasteiger partial charge on any atom is -0.474 e. The van der Waals surface area contributed by atoms with Crippen LogP contribution in [-0.4, -0.2) is 74.3 Å². The Morgan fingerprint density at radius 2 is 1.80 bits per heavy atom. The predicted molar refractivity (Wildman–Crippen MR) is 165 cm³/mol. The van der Waals surface area contributed by atoms with Gasteiger partial charge >= 0.3 is 6.18 Å². The number of nitrogen functional groups attached to an aromatic ring is 1. The lowest BCUT2D eigenvalue weighted by Gasteiger charge is -2.22. The van der Waals surface area contributed by atoms with Gasteiger partial charge in [0.1, 0.15) is 22.8 Å². The fraction of sp³-hybridized carbons (Fsp3) is 0.419. The molecule has 2 aromatic heterocycles. The zero-order valence-corrected chi connectivity index (χ0v) is 26.2. The maximum absolute atomic E-state index is 16.3. The molecule has 0 amide bonds. The molecular formula is C31H38F5N7O3. The second-order valence-corrected chi connectivity index (χ2v) is 11.0. The van der Waals surface area contributed by atoms with Gasteiger partial charge in [0.25, 0.3) is 0 Å². The highest BCUT2D eigenvalue weighted by Crippen LogP contribution is 2.44. The smallest absolute Gasteiger partial charge is 0.417 e. The van der Waals surface area contributed by atoms with Crippen LogP contribution in [0.25, 0.3) is 11.3 Å². The van der Waals surface area contributed by atoms with Crippen LogP contribution in [0.4, 0.5) is 33.3 Å². The van der Waals surface area contributed by atoms with Crippen LogP contribution < -0.4 is 26.4 Å². The Morgan fingerprint density at radius 1 is 1.09 bits per heavy atom. The van der Waals surface area contributed by atoms with E-state index in [1.807, 2.05) is 4.90 Å². The number of ether oxygens (including phenoxy) is 1. The summed E-state index contributed by atoms with van der Waals surface area (Å²) in [6.45, 7) is 4.66. The van der Waals surface area contributed by atoms with Crippen LogP contribution in [0, 0.1) is 18.6 Å². The van der Waals surface area contributed by atoms with E-state index in [1.165, 1.54) is 6.20 Å². The minimum atomic E-state index is -5.11. The highest BCUT2D eigenvalue weighted by atomic mass is 19.4. The van der Waals surface area contributed by atoms with Gasteiger partial charge in [0.2, 0.25) is 5.88 Å². The van der Waals surface area contributed by atoms with Gasteiger partial charge in [0.15, 0.2) is 18.4 Å². The number of anilines is 2. The molecule has 0 aliphatic carbocycles. The average molecular weight is 652 g/mol. The third kappa shape index (κ3) is 8.73. The van der Waals surface area contributed by atoms with Gasteiger partial charge in [-0.25, -0.2) is 13.8 Å². The first kappa shape index (κ1) is 36.3. The number of aromatic nitrogens is 2. The molecule has 2 heterocycles. The van der Waals surface area contributed by atoms with Crippen molar-refractivity contribution >= 4 is 23.9 Å². The maximum Gasteiger partial charge on any atom is 0.417 e. The van der Waals surface area contributed by atoms with Crippen molar-refractivity contribution in [2.24, 2.45) is 0 Å². The van der Waals surface area contributed by atoms with Gasteiger partial charge < -0.3 is 31.3 Å². The maximum atomic E-state index is 16.3. The molecule has 3 aromatic rings. The number of carbonyl (C=O) groups is 2. The van der Waals surface area contributed by atoms with Gasteiger partial charge in [-0.05, 0) is 76.8 Å². The van der Waals surface area contributed by atoms with Crippen molar-refractivity contribution in [3.63, 3.8) is 0 Å². The topological polar surface area (TPSA) is 134 Å². The Bertz CT molecular complexity index is 1550. The number of benzene rings is 1. The molecule has 0 aliphatic heterocycles. The second-order valence-electron chi connectivity index (χ2n) is 11.0. The van der Waals surface area contributed by atoms with Gasteiger partial charge in [0.05, 0.1) is 23.0 Å². The minimum absolute atomic E-state index is 0.144. The van der Waals surface area contributed by atoms with Gasteiger partial charge in [0, 0.05) is 37.9 Å². The zero-order valence-electron chi connectivity index (χ0n) is 26.2. The Hall–Kier alpha value is -4.21. The van der Waals surface area contributed by atoms with Gasteiger partial charge in [-0.1, -0.05) is 0 Å². The first-order valence-electron chi connectivity index (χ1n) is 14.4. The fourth-order valence-corrected chi connectivity index (χ4v) is 4.80. The number of hydrogen-bond acceptors (Lipinski definition) is 10. The molecule has 0 spiro atoms. The van der Waals surface area contributed by atoms with Crippen molar-refractivity contribution in [3.8, 4) is 17.1 Å². The number of halogens is 5. The summed E-state index contributed by atoms with van der Waals surface area (Å²) in [6.07, 6.45) is -3.03.